The third-order valence-corrected chi connectivity index (χ3v) is 0. The van der Waals surface area contributed by atoms with E-state index in [1.54, 1.807) is 0 Å². The molecule has 20 valence electrons. The second-order valence-electron chi connectivity index (χ2n) is 0. The van der Waals surface area contributed by atoms with Gasteiger partial charge in [0.05, 0.1) is 0 Å². The first kappa shape index (κ1) is 39.8. The van der Waals surface area contributed by atoms with Gasteiger partial charge >= 0.3 is 38.5 Å². The Morgan fingerprint density at radius 3 is 1.00 bits per heavy atom. The summed E-state index contributed by atoms with van der Waals surface area (Å²) in [5.41, 5.74) is 0. The van der Waals surface area contributed by atoms with Crippen molar-refractivity contribution in [2.75, 3.05) is 0 Å². The Morgan fingerprint density at radius 2 is 1.00 bits per heavy atom. The Bertz CT molecular complexity index is 8.00. The molecule has 0 radical (unpaired) electrons. The molecule has 0 amide bonds. The van der Waals surface area contributed by atoms with Crippen molar-refractivity contribution in [2.45, 2.75) is 0 Å². The van der Waals surface area contributed by atoms with Crippen LogP contribution in [0.4, 0.5) is 0 Å². The molecular weight excluding hydrogens is 307 g/mol. The third-order valence-electron chi connectivity index (χ3n) is 0. The molecule has 0 aromatic carbocycles. The Balaban J connectivity index is 0. The molecule has 0 fully saturated rings. The van der Waals surface area contributed by atoms with Gasteiger partial charge in [0.1, 0.15) is 0 Å². The molecular formula is CoOTiW+5. The molecule has 0 aromatic rings. The standard InChI is InChI=1S/Co.O.Ti.W/q+3;-2;+4;. The maximum Gasteiger partial charge on any atom is 4.00 e. The van der Waals surface area contributed by atoms with Gasteiger partial charge in [-0.2, -0.15) is 0 Å². The van der Waals surface area contributed by atoms with Crippen LogP contribution in [0, 0.1) is 0 Å². The molecule has 0 aromatic heterocycles. The monoisotopic (exact) mass is 307 g/mol. The fourth-order valence-corrected chi connectivity index (χ4v) is 0. The van der Waals surface area contributed by atoms with Crippen LogP contribution >= 0.6 is 0 Å². The smallest absolute Gasteiger partial charge is 2.00 e. The summed E-state index contributed by atoms with van der Waals surface area (Å²) in [6.45, 7) is 0. The van der Waals surface area contributed by atoms with Crippen molar-refractivity contribution in [3.63, 3.8) is 0 Å². The van der Waals surface area contributed by atoms with Crippen LogP contribution < -0.4 is 0 Å². The van der Waals surface area contributed by atoms with Crippen LogP contribution in [0.3, 0.4) is 0 Å². The van der Waals surface area contributed by atoms with Crippen LogP contribution in [-0.4, -0.2) is 0 Å². The van der Waals surface area contributed by atoms with Gasteiger partial charge in [-0.05, 0) is 0 Å². The molecule has 0 N–H and O–H groups in total. The zero-order valence-corrected chi connectivity index (χ0v) is 7.19. The molecule has 0 atom stereocenters. The van der Waals surface area contributed by atoms with Crippen LogP contribution in [0.15, 0.2) is 0 Å². The molecule has 4 heteroatoms. The van der Waals surface area contributed by atoms with Crippen molar-refractivity contribution in [2.24, 2.45) is 0 Å². The van der Waals surface area contributed by atoms with Crippen molar-refractivity contribution in [3.05, 3.63) is 0 Å². The van der Waals surface area contributed by atoms with Crippen LogP contribution in [0.25, 0.3) is 0 Å². The summed E-state index contributed by atoms with van der Waals surface area (Å²) in [5.74, 6) is 0. The predicted molar refractivity (Wildman–Crippen MR) is 0.686 cm³/mol. The average molecular weight is 307 g/mol. The maximum absolute atomic E-state index is 0. The van der Waals surface area contributed by atoms with Gasteiger partial charge in [0.2, 0.25) is 0 Å². The van der Waals surface area contributed by atoms with E-state index in [0.717, 1.165) is 0 Å². The Labute approximate surface area is 64.6 Å². The van der Waals surface area contributed by atoms with Gasteiger partial charge in [0.25, 0.3) is 0 Å². The Kier molecular flexibility index (Phi) is 208. The summed E-state index contributed by atoms with van der Waals surface area (Å²) in [6.07, 6.45) is 0. The molecule has 0 aliphatic rings. The van der Waals surface area contributed by atoms with Crippen molar-refractivity contribution in [1.29, 1.82) is 0 Å². The quantitative estimate of drug-likeness (QED) is 0.558. The fourth-order valence-electron chi connectivity index (χ4n) is 0. The minimum atomic E-state index is 0. The van der Waals surface area contributed by atoms with E-state index < -0.39 is 0 Å². The largest absolute Gasteiger partial charge is 4.00 e. The minimum Gasteiger partial charge on any atom is -2.00 e. The maximum atomic E-state index is 0. The van der Waals surface area contributed by atoms with E-state index in [1.807, 2.05) is 0 Å². The van der Waals surface area contributed by atoms with Gasteiger partial charge in [-0.3, -0.25) is 0 Å². The first-order valence-corrected chi connectivity index (χ1v) is 0. The summed E-state index contributed by atoms with van der Waals surface area (Å²) >= 11 is 0. The Morgan fingerprint density at radius 1 is 1.00 bits per heavy atom. The Hall–Kier alpha value is 1.87. The third kappa shape index (κ3) is 9.12. The molecule has 0 saturated carbocycles. The van der Waals surface area contributed by atoms with Gasteiger partial charge < -0.3 is 5.48 Å². The second-order valence-corrected chi connectivity index (χ2v) is 0. The fraction of sp³-hybridized carbons (Fsp3) is 0. The molecule has 0 saturated heterocycles. The van der Waals surface area contributed by atoms with Crippen LogP contribution in [0.5, 0.6) is 0 Å². The molecule has 0 unspecified atom stereocenters. The number of rotatable bonds is 0. The van der Waals surface area contributed by atoms with E-state index in [2.05, 4.69) is 0 Å². The zero-order chi connectivity index (χ0) is 0. The molecule has 0 heterocycles. The van der Waals surface area contributed by atoms with E-state index >= 15 is 0 Å². The molecule has 0 spiro atoms. The van der Waals surface area contributed by atoms with Crippen LogP contribution in [0.2, 0.25) is 0 Å². The van der Waals surface area contributed by atoms with E-state index in [9.17, 15) is 0 Å². The second kappa shape index (κ2) is 20.9. The number of hydrogen-bond acceptors (Lipinski definition) is 0. The topological polar surface area (TPSA) is 28.5 Å². The minimum absolute atomic E-state index is 0. The normalized spacial score (nSPS) is 0. The first-order chi connectivity index (χ1) is 0. The van der Waals surface area contributed by atoms with Crippen LogP contribution in [0.1, 0.15) is 0 Å². The van der Waals surface area contributed by atoms with E-state index in [0.29, 0.717) is 0 Å². The van der Waals surface area contributed by atoms with E-state index in [1.165, 1.54) is 0 Å². The molecule has 4 heavy (non-hydrogen) atoms. The molecule has 0 bridgehead atoms. The van der Waals surface area contributed by atoms with Crippen molar-refractivity contribution >= 4 is 0 Å². The zero-order valence-electron chi connectivity index (χ0n) is 1.65. The van der Waals surface area contributed by atoms with E-state index in [-0.39, 0.29) is 65.0 Å². The molecule has 0 aliphatic heterocycles. The van der Waals surface area contributed by atoms with Gasteiger partial charge in [-0.1, -0.05) is 0 Å². The van der Waals surface area contributed by atoms with Crippen molar-refractivity contribution in [3.8, 4) is 0 Å². The first-order valence-electron chi connectivity index (χ1n) is 0. The summed E-state index contributed by atoms with van der Waals surface area (Å²) in [5, 5.41) is 0. The van der Waals surface area contributed by atoms with Gasteiger partial charge in [-0.15, -0.1) is 0 Å². The average Bonchev–Trinajstić information content (AvgIpc) is 0. The predicted octanol–water partition coefficient (Wildman–Crippen LogP) is -0.126. The summed E-state index contributed by atoms with van der Waals surface area (Å²) in [4.78, 5) is 0. The molecule has 0 rings (SSSR count). The number of hydrogen-bond donors (Lipinski definition) is 0. The summed E-state index contributed by atoms with van der Waals surface area (Å²) in [7, 11) is 0. The van der Waals surface area contributed by atoms with Gasteiger partial charge in [0.15, 0.2) is 0 Å². The molecule has 0 aliphatic carbocycles. The van der Waals surface area contributed by atoms with Gasteiger partial charge in [-0.25, -0.2) is 0 Å². The summed E-state index contributed by atoms with van der Waals surface area (Å²) in [6, 6.07) is 0. The van der Waals surface area contributed by atoms with Crippen molar-refractivity contribution < 1.29 is 65.0 Å². The van der Waals surface area contributed by atoms with Gasteiger partial charge in [0, 0.05) is 21.1 Å². The SMILES string of the molecule is [Co+3].[O-2].[Ti+4].[W]. The van der Waals surface area contributed by atoms with Crippen molar-refractivity contribution in [1.82, 2.24) is 0 Å². The molecule has 1 nitrogen and oxygen atoms in total. The van der Waals surface area contributed by atoms with Crippen LogP contribution in [-0.2, 0) is 65.0 Å². The van der Waals surface area contributed by atoms with E-state index in [4.69, 9.17) is 0 Å². The summed E-state index contributed by atoms with van der Waals surface area (Å²) < 4.78 is 0.